The van der Waals surface area contributed by atoms with Crippen molar-refractivity contribution in [2.24, 2.45) is 27.9 Å². The number of carbonyl (C=O) groups excluding carboxylic acids is 2. The summed E-state index contributed by atoms with van der Waals surface area (Å²) < 4.78 is 0. The first-order valence-electron chi connectivity index (χ1n) is 7.31. The summed E-state index contributed by atoms with van der Waals surface area (Å²) in [7, 11) is 0. The molecule has 1 saturated heterocycles. The van der Waals surface area contributed by atoms with Gasteiger partial charge in [-0.1, -0.05) is 0 Å². The lowest BCUT2D eigenvalue weighted by atomic mass is 10.1. The zero-order chi connectivity index (χ0) is 15.8. The molecule has 1 aliphatic rings. The van der Waals surface area contributed by atoms with Gasteiger partial charge in [-0.2, -0.15) is 0 Å². The Hall–Kier alpha value is -1.67. The Morgan fingerprint density at radius 2 is 2.05 bits per heavy atom. The predicted octanol–water partition coefficient (Wildman–Crippen LogP) is -1.72. The molecule has 1 fully saturated rings. The van der Waals surface area contributed by atoms with Crippen LogP contribution in [0.4, 0.5) is 0 Å². The third kappa shape index (κ3) is 5.31. The summed E-state index contributed by atoms with van der Waals surface area (Å²) in [5, 5.41) is 0. The molecule has 0 aromatic heterocycles. The number of aliphatic imine (C=N–C) groups is 1. The summed E-state index contributed by atoms with van der Waals surface area (Å²) >= 11 is 0. The van der Waals surface area contributed by atoms with Gasteiger partial charge in [-0.15, -0.1) is 0 Å². The molecule has 0 bridgehead atoms. The van der Waals surface area contributed by atoms with Crippen LogP contribution in [0.1, 0.15) is 32.1 Å². The van der Waals surface area contributed by atoms with Gasteiger partial charge in [0, 0.05) is 19.5 Å². The van der Waals surface area contributed by atoms with Crippen molar-refractivity contribution in [2.45, 2.75) is 44.2 Å². The maximum absolute atomic E-state index is 12.3. The van der Waals surface area contributed by atoms with Crippen LogP contribution in [0.2, 0.25) is 0 Å². The van der Waals surface area contributed by atoms with Gasteiger partial charge in [0.1, 0.15) is 0 Å². The number of carbonyl (C=O) groups is 2. The van der Waals surface area contributed by atoms with Crippen LogP contribution in [0.15, 0.2) is 4.99 Å². The van der Waals surface area contributed by atoms with Gasteiger partial charge >= 0.3 is 0 Å². The Balaban J connectivity index is 2.48. The molecule has 0 aromatic rings. The molecule has 8 nitrogen and oxygen atoms in total. The molecule has 0 radical (unpaired) electrons. The quantitative estimate of drug-likeness (QED) is 0.237. The van der Waals surface area contributed by atoms with E-state index in [2.05, 4.69) is 4.99 Å². The fourth-order valence-corrected chi connectivity index (χ4v) is 2.53. The smallest absolute Gasteiger partial charge is 0.240 e. The monoisotopic (exact) mass is 298 g/mol. The molecule has 0 saturated carbocycles. The minimum Gasteiger partial charge on any atom is -0.370 e. The average molecular weight is 298 g/mol. The number of guanidine groups is 1. The van der Waals surface area contributed by atoms with Crippen molar-refractivity contribution in [3.05, 3.63) is 0 Å². The van der Waals surface area contributed by atoms with Crippen molar-refractivity contribution in [3.8, 4) is 0 Å². The fourth-order valence-electron chi connectivity index (χ4n) is 2.53. The summed E-state index contributed by atoms with van der Waals surface area (Å²) in [6, 6.07) is -0.977. The van der Waals surface area contributed by atoms with Gasteiger partial charge in [-0.25, -0.2) is 0 Å². The molecule has 1 amide bonds. The Morgan fingerprint density at radius 3 is 2.67 bits per heavy atom. The van der Waals surface area contributed by atoms with Gasteiger partial charge in [0.15, 0.2) is 11.7 Å². The molecule has 1 heterocycles. The van der Waals surface area contributed by atoms with Gasteiger partial charge in [-0.3, -0.25) is 14.6 Å². The van der Waals surface area contributed by atoms with Gasteiger partial charge in [0.05, 0.1) is 12.1 Å². The lowest BCUT2D eigenvalue weighted by Gasteiger charge is -2.26. The number of rotatable bonds is 8. The fraction of sp³-hybridized carbons (Fsp3) is 0.769. The van der Waals surface area contributed by atoms with E-state index >= 15 is 0 Å². The third-order valence-corrected chi connectivity index (χ3v) is 3.58. The summed E-state index contributed by atoms with van der Waals surface area (Å²) in [5.74, 6) is -0.120. The molecule has 120 valence electrons. The lowest BCUT2D eigenvalue weighted by molar-refractivity contribution is -0.138. The molecule has 0 spiro atoms. The van der Waals surface area contributed by atoms with Crippen molar-refractivity contribution >= 4 is 17.6 Å². The molecule has 0 aromatic carbocycles. The molecular formula is C13H26N6O2. The second-order valence-electron chi connectivity index (χ2n) is 5.25. The molecule has 8 heteroatoms. The van der Waals surface area contributed by atoms with Crippen molar-refractivity contribution in [1.82, 2.24) is 4.90 Å². The van der Waals surface area contributed by atoms with Crippen molar-refractivity contribution in [2.75, 3.05) is 19.6 Å². The summed E-state index contributed by atoms with van der Waals surface area (Å²) in [6.07, 6.45) is 2.94. The highest BCUT2D eigenvalue weighted by Crippen LogP contribution is 2.20. The summed E-state index contributed by atoms with van der Waals surface area (Å²) in [5.41, 5.74) is 21.8. The van der Waals surface area contributed by atoms with E-state index in [-0.39, 0.29) is 23.7 Å². The van der Waals surface area contributed by atoms with E-state index in [9.17, 15) is 9.59 Å². The average Bonchev–Trinajstić information content (AvgIpc) is 2.91. The van der Waals surface area contributed by atoms with E-state index in [1.807, 2.05) is 0 Å². The maximum atomic E-state index is 12.3. The Morgan fingerprint density at radius 1 is 1.33 bits per heavy atom. The second-order valence-corrected chi connectivity index (χ2v) is 5.25. The van der Waals surface area contributed by atoms with Gasteiger partial charge < -0.3 is 27.8 Å². The Kier molecular flexibility index (Phi) is 7.10. The highest BCUT2D eigenvalue weighted by molar-refractivity contribution is 5.91. The van der Waals surface area contributed by atoms with Crippen LogP contribution in [0.5, 0.6) is 0 Å². The molecule has 0 aliphatic carbocycles. The van der Waals surface area contributed by atoms with Crippen LogP contribution in [0, 0.1) is 0 Å². The molecule has 2 atom stereocenters. The maximum Gasteiger partial charge on any atom is 0.240 e. The zero-order valence-electron chi connectivity index (χ0n) is 12.3. The number of hydrogen-bond acceptors (Lipinski definition) is 5. The van der Waals surface area contributed by atoms with E-state index < -0.39 is 6.04 Å². The van der Waals surface area contributed by atoms with E-state index in [1.165, 1.54) is 0 Å². The number of hydrogen-bond donors (Lipinski definition) is 4. The van der Waals surface area contributed by atoms with E-state index in [1.54, 1.807) is 4.90 Å². The van der Waals surface area contributed by atoms with Crippen LogP contribution in [0.25, 0.3) is 0 Å². The number of amides is 1. The number of Topliss-reactive ketones (excluding diaryl/α,β-unsaturated/α-hetero) is 1. The summed E-state index contributed by atoms with van der Waals surface area (Å²) in [4.78, 5) is 29.7. The van der Waals surface area contributed by atoms with Crippen LogP contribution < -0.4 is 22.9 Å². The van der Waals surface area contributed by atoms with E-state index in [0.717, 1.165) is 6.42 Å². The van der Waals surface area contributed by atoms with Crippen molar-refractivity contribution in [1.29, 1.82) is 0 Å². The SMILES string of the molecule is NCCC(=O)[C@@H]1CCCN1C(=O)[C@@H](N)CCCN=C(N)N. The highest BCUT2D eigenvalue weighted by Gasteiger charge is 2.35. The van der Waals surface area contributed by atoms with Crippen molar-refractivity contribution < 1.29 is 9.59 Å². The van der Waals surface area contributed by atoms with E-state index in [0.29, 0.717) is 45.3 Å². The molecule has 0 unspecified atom stereocenters. The van der Waals surface area contributed by atoms with E-state index in [4.69, 9.17) is 22.9 Å². The van der Waals surface area contributed by atoms with Gasteiger partial charge in [0.25, 0.3) is 0 Å². The number of ketones is 1. The normalized spacial score (nSPS) is 19.3. The molecule has 1 rings (SSSR count). The lowest BCUT2D eigenvalue weighted by Crippen LogP contribution is -2.48. The summed E-state index contributed by atoms with van der Waals surface area (Å²) in [6.45, 7) is 1.34. The van der Waals surface area contributed by atoms with Gasteiger partial charge in [0.2, 0.25) is 5.91 Å². The minimum atomic E-state index is -0.620. The third-order valence-electron chi connectivity index (χ3n) is 3.58. The first-order chi connectivity index (χ1) is 9.97. The van der Waals surface area contributed by atoms with Gasteiger partial charge in [-0.05, 0) is 32.2 Å². The molecule has 8 N–H and O–H groups in total. The van der Waals surface area contributed by atoms with Crippen LogP contribution in [0.3, 0.4) is 0 Å². The topological polar surface area (TPSA) is 154 Å². The number of nitrogens with two attached hydrogens (primary N) is 4. The predicted molar refractivity (Wildman–Crippen MR) is 81.3 cm³/mol. The number of likely N-dealkylation sites (tertiary alicyclic amines) is 1. The standard InChI is InChI=1S/C13H26N6O2/c14-6-5-11(20)10-4-2-8-19(10)12(21)9(15)3-1-7-18-13(16)17/h9-10H,1-8,14-15H2,(H4,16,17,18)/t9-,10-/m0/s1. The molecular weight excluding hydrogens is 272 g/mol. The number of nitrogens with zero attached hydrogens (tertiary/aromatic N) is 2. The van der Waals surface area contributed by atoms with Crippen molar-refractivity contribution in [3.63, 3.8) is 0 Å². The minimum absolute atomic E-state index is 0.0241. The van der Waals surface area contributed by atoms with Crippen LogP contribution in [-0.2, 0) is 9.59 Å². The largest absolute Gasteiger partial charge is 0.370 e. The molecule has 21 heavy (non-hydrogen) atoms. The Labute approximate surface area is 124 Å². The zero-order valence-corrected chi connectivity index (χ0v) is 12.3. The van der Waals surface area contributed by atoms with Crippen LogP contribution in [-0.4, -0.2) is 54.3 Å². The highest BCUT2D eigenvalue weighted by atomic mass is 16.2. The second kappa shape index (κ2) is 8.58. The van der Waals surface area contributed by atoms with Crippen LogP contribution >= 0.6 is 0 Å². The first-order valence-corrected chi connectivity index (χ1v) is 7.31. The Bertz CT molecular complexity index is 394. The first kappa shape index (κ1) is 17.4. The molecule has 1 aliphatic heterocycles.